The van der Waals surface area contributed by atoms with Crippen LogP contribution in [0.1, 0.15) is 47.0 Å². The molecule has 0 bridgehead atoms. The van der Waals surface area contributed by atoms with Gasteiger partial charge >= 0.3 is 0 Å². The van der Waals surface area contributed by atoms with Gasteiger partial charge in [-0.25, -0.2) is 0 Å². The summed E-state index contributed by atoms with van der Waals surface area (Å²) in [4.78, 5) is 29.6. The fraction of sp³-hybridized carbons (Fsp3) is 0.500. The van der Waals surface area contributed by atoms with Crippen LogP contribution in [0.15, 0.2) is 18.2 Å². The van der Waals surface area contributed by atoms with Crippen molar-refractivity contribution in [3.8, 4) is 11.5 Å². The maximum atomic E-state index is 13.4. The minimum Gasteiger partial charge on any atom is -0.497 e. The van der Waals surface area contributed by atoms with Crippen LogP contribution in [0.25, 0.3) is 0 Å². The third-order valence-electron chi connectivity index (χ3n) is 6.16. The van der Waals surface area contributed by atoms with E-state index in [1.165, 1.54) is 22.6 Å². The molecule has 2 aromatic rings. The molecule has 0 spiro atoms. The fourth-order valence-electron chi connectivity index (χ4n) is 4.63. The van der Waals surface area contributed by atoms with Crippen LogP contribution in [-0.2, 0) is 17.6 Å². The normalized spacial score (nSPS) is 18.2. The van der Waals surface area contributed by atoms with E-state index in [-0.39, 0.29) is 11.8 Å². The van der Waals surface area contributed by atoms with E-state index in [0.29, 0.717) is 40.2 Å². The molecule has 1 aromatic heterocycles. The molecule has 1 saturated heterocycles. The van der Waals surface area contributed by atoms with Gasteiger partial charge in [-0.05, 0) is 62.3 Å². The third kappa shape index (κ3) is 4.91. The van der Waals surface area contributed by atoms with E-state index in [1.54, 1.807) is 32.4 Å². The van der Waals surface area contributed by atoms with Crippen molar-refractivity contribution in [2.45, 2.75) is 39.0 Å². The van der Waals surface area contributed by atoms with Crippen molar-refractivity contribution in [2.75, 3.05) is 44.5 Å². The molecule has 4 rings (SSSR count). The smallest absolute Gasteiger partial charge is 0.259 e. The topological polar surface area (TPSA) is 79.9 Å². The SMILES string of the molecule is COc1ccc(OC)c(NC(=O)c2c(NC(=O)CN3CCC[C@@H](C)C3)sc3c2CCC3)c1. The summed E-state index contributed by atoms with van der Waals surface area (Å²) in [5.74, 6) is 1.49. The quantitative estimate of drug-likeness (QED) is 0.652. The van der Waals surface area contributed by atoms with E-state index in [2.05, 4.69) is 22.5 Å². The Kier molecular flexibility index (Phi) is 7.01. The number of amides is 2. The largest absolute Gasteiger partial charge is 0.497 e. The van der Waals surface area contributed by atoms with Gasteiger partial charge < -0.3 is 20.1 Å². The maximum absolute atomic E-state index is 13.4. The number of thiophene rings is 1. The predicted molar refractivity (Wildman–Crippen MR) is 127 cm³/mol. The highest BCUT2D eigenvalue weighted by Crippen LogP contribution is 2.40. The van der Waals surface area contributed by atoms with Crippen molar-refractivity contribution in [2.24, 2.45) is 5.92 Å². The molecule has 0 unspecified atom stereocenters. The molecule has 1 aliphatic carbocycles. The second kappa shape index (κ2) is 9.92. The average molecular weight is 458 g/mol. The summed E-state index contributed by atoms with van der Waals surface area (Å²) in [5, 5.41) is 6.65. The number of anilines is 2. The van der Waals surface area contributed by atoms with Crippen LogP contribution in [0.5, 0.6) is 11.5 Å². The van der Waals surface area contributed by atoms with Crippen LogP contribution in [0, 0.1) is 5.92 Å². The molecule has 2 amide bonds. The van der Waals surface area contributed by atoms with Crippen LogP contribution in [0.2, 0.25) is 0 Å². The van der Waals surface area contributed by atoms with Gasteiger partial charge in [0.2, 0.25) is 5.91 Å². The molecule has 8 heteroatoms. The van der Waals surface area contributed by atoms with Gasteiger partial charge in [0, 0.05) is 17.5 Å². The van der Waals surface area contributed by atoms with Crippen LogP contribution >= 0.6 is 11.3 Å². The monoisotopic (exact) mass is 457 g/mol. The molecular weight excluding hydrogens is 426 g/mol. The number of nitrogens with zero attached hydrogens (tertiary/aromatic N) is 1. The highest BCUT2D eigenvalue weighted by Gasteiger charge is 2.28. The summed E-state index contributed by atoms with van der Waals surface area (Å²) in [5.41, 5.74) is 2.17. The number of piperidine rings is 1. The Morgan fingerprint density at radius 2 is 2.00 bits per heavy atom. The Hall–Kier alpha value is -2.58. The van der Waals surface area contributed by atoms with E-state index in [0.717, 1.165) is 44.3 Å². The Labute approximate surface area is 193 Å². The van der Waals surface area contributed by atoms with Crippen molar-refractivity contribution in [1.29, 1.82) is 0 Å². The second-order valence-electron chi connectivity index (χ2n) is 8.61. The summed E-state index contributed by atoms with van der Waals surface area (Å²) in [7, 11) is 3.14. The summed E-state index contributed by atoms with van der Waals surface area (Å²) in [6.07, 6.45) is 5.17. The van der Waals surface area contributed by atoms with Crippen molar-refractivity contribution in [3.05, 3.63) is 34.2 Å². The Balaban J connectivity index is 1.54. The minimum absolute atomic E-state index is 0.0629. The summed E-state index contributed by atoms with van der Waals surface area (Å²) < 4.78 is 10.7. The van der Waals surface area contributed by atoms with Gasteiger partial charge in [-0.3, -0.25) is 14.5 Å². The first-order valence-corrected chi connectivity index (χ1v) is 12.0. The molecule has 1 fully saturated rings. The number of hydrogen-bond acceptors (Lipinski definition) is 6. The molecule has 2 N–H and O–H groups in total. The zero-order chi connectivity index (χ0) is 22.7. The Morgan fingerprint density at radius 1 is 1.16 bits per heavy atom. The van der Waals surface area contributed by atoms with Crippen molar-refractivity contribution < 1.29 is 19.1 Å². The molecule has 32 heavy (non-hydrogen) atoms. The number of fused-ring (bicyclic) bond motifs is 1. The van der Waals surface area contributed by atoms with Crippen molar-refractivity contribution >= 4 is 33.8 Å². The maximum Gasteiger partial charge on any atom is 0.259 e. The molecule has 1 atom stereocenters. The first-order valence-electron chi connectivity index (χ1n) is 11.2. The van der Waals surface area contributed by atoms with E-state index in [9.17, 15) is 9.59 Å². The first-order chi connectivity index (χ1) is 15.5. The number of methoxy groups -OCH3 is 2. The van der Waals surface area contributed by atoms with Gasteiger partial charge in [-0.2, -0.15) is 0 Å². The molecule has 172 valence electrons. The summed E-state index contributed by atoms with van der Waals surface area (Å²) in [6.45, 7) is 4.47. The van der Waals surface area contributed by atoms with E-state index >= 15 is 0 Å². The summed E-state index contributed by atoms with van der Waals surface area (Å²) in [6, 6.07) is 5.28. The molecule has 7 nitrogen and oxygen atoms in total. The molecule has 2 heterocycles. The highest BCUT2D eigenvalue weighted by atomic mass is 32.1. The van der Waals surface area contributed by atoms with Crippen molar-refractivity contribution in [3.63, 3.8) is 0 Å². The zero-order valence-corrected chi connectivity index (χ0v) is 19.8. The average Bonchev–Trinajstić information content (AvgIpc) is 3.34. The minimum atomic E-state index is -0.238. The molecular formula is C24H31N3O4S. The molecule has 0 saturated carbocycles. The number of carbonyl (C=O) groups is 2. The number of ether oxygens (including phenoxy) is 2. The number of likely N-dealkylation sites (tertiary alicyclic amines) is 1. The van der Waals surface area contributed by atoms with Gasteiger partial charge in [0.25, 0.3) is 5.91 Å². The van der Waals surface area contributed by atoms with Crippen LogP contribution in [-0.4, -0.2) is 50.6 Å². The Bertz CT molecular complexity index is 1000. The van der Waals surface area contributed by atoms with Crippen LogP contribution in [0.4, 0.5) is 10.7 Å². The number of benzene rings is 1. The van der Waals surface area contributed by atoms with Crippen LogP contribution in [0.3, 0.4) is 0 Å². The highest BCUT2D eigenvalue weighted by molar-refractivity contribution is 7.17. The van der Waals surface area contributed by atoms with Gasteiger partial charge in [-0.1, -0.05) is 6.92 Å². The lowest BCUT2D eigenvalue weighted by Gasteiger charge is -2.30. The number of aryl methyl sites for hydroxylation is 1. The van der Waals surface area contributed by atoms with Gasteiger partial charge in [0.15, 0.2) is 0 Å². The number of rotatable bonds is 7. The number of hydrogen-bond donors (Lipinski definition) is 2. The number of carbonyl (C=O) groups excluding carboxylic acids is 2. The lowest BCUT2D eigenvalue weighted by molar-refractivity contribution is -0.117. The van der Waals surface area contributed by atoms with Gasteiger partial charge in [0.1, 0.15) is 16.5 Å². The lowest BCUT2D eigenvalue weighted by Crippen LogP contribution is -2.39. The van der Waals surface area contributed by atoms with E-state index in [1.807, 2.05) is 0 Å². The van der Waals surface area contributed by atoms with E-state index in [4.69, 9.17) is 9.47 Å². The zero-order valence-electron chi connectivity index (χ0n) is 19.0. The van der Waals surface area contributed by atoms with Gasteiger partial charge in [0.05, 0.1) is 32.0 Å². The molecule has 0 radical (unpaired) electrons. The standard InChI is InChI=1S/C24H31N3O4S/c1-15-6-5-11-27(13-15)14-21(28)26-24-22(17-7-4-8-20(17)32-24)23(29)25-18-12-16(30-2)9-10-19(18)31-3/h9-10,12,15H,4-8,11,13-14H2,1-3H3,(H,25,29)(H,26,28)/t15-/m1/s1. The van der Waals surface area contributed by atoms with Gasteiger partial charge in [-0.15, -0.1) is 11.3 Å². The first kappa shape index (κ1) is 22.6. The molecule has 2 aliphatic rings. The van der Waals surface area contributed by atoms with Crippen LogP contribution < -0.4 is 20.1 Å². The second-order valence-corrected chi connectivity index (χ2v) is 9.72. The van der Waals surface area contributed by atoms with E-state index < -0.39 is 0 Å². The molecule has 1 aromatic carbocycles. The predicted octanol–water partition coefficient (Wildman–Crippen LogP) is 4.18. The molecule has 1 aliphatic heterocycles. The third-order valence-corrected chi connectivity index (χ3v) is 7.37. The summed E-state index contributed by atoms with van der Waals surface area (Å²) >= 11 is 1.53. The lowest BCUT2D eigenvalue weighted by atomic mass is 10.0. The number of nitrogens with one attached hydrogen (secondary N) is 2. The Morgan fingerprint density at radius 3 is 2.75 bits per heavy atom. The fourth-order valence-corrected chi connectivity index (χ4v) is 5.93. The van der Waals surface area contributed by atoms with Crippen molar-refractivity contribution in [1.82, 2.24) is 4.90 Å².